The number of ether oxygens (including phenoxy) is 1. The van der Waals surface area contributed by atoms with Gasteiger partial charge in [-0.25, -0.2) is 0 Å². The number of benzene rings is 3. The highest BCUT2D eigenvalue weighted by atomic mass is 35.5. The van der Waals surface area contributed by atoms with Crippen LogP contribution in [0, 0.1) is 0 Å². The molecule has 3 aromatic carbocycles. The Morgan fingerprint density at radius 1 is 0.926 bits per heavy atom. The molecule has 0 fully saturated rings. The first kappa shape index (κ1) is 17.6. The van der Waals surface area contributed by atoms with Crippen LogP contribution in [-0.4, -0.2) is 5.91 Å². The monoisotopic (exact) mass is 393 g/mol. The predicted octanol–water partition coefficient (Wildman–Crippen LogP) is 6.39. The third-order valence-corrected chi connectivity index (χ3v) is 5.78. The van der Waals surface area contributed by atoms with Crippen molar-refractivity contribution in [2.24, 2.45) is 0 Å². The van der Waals surface area contributed by atoms with Gasteiger partial charge in [-0.15, -0.1) is 11.3 Å². The van der Waals surface area contributed by atoms with Crippen molar-refractivity contribution >= 4 is 44.6 Å². The zero-order valence-corrected chi connectivity index (χ0v) is 15.9. The van der Waals surface area contributed by atoms with E-state index in [0.717, 1.165) is 21.4 Å². The molecular weight excluding hydrogens is 378 g/mol. The third-order valence-electron chi connectivity index (χ3n) is 4.10. The normalized spacial score (nSPS) is 10.7. The molecule has 0 radical (unpaired) electrons. The van der Waals surface area contributed by atoms with E-state index in [-0.39, 0.29) is 5.91 Å². The Labute approximate surface area is 166 Å². The number of nitrogens with one attached hydrogen (secondary N) is 1. The maximum absolute atomic E-state index is 12.6. The molecule has 0 aliphatic rings. The van der Waals surface area contributed by atoms with Crippen molar-refractivity contribution in [3.63, 3.8) is 0 Å². The fourth-order valence-corrected chi connectivity index (χ4v) is 4.14. The average molecular weight is 394 g/mol. The zero-order chi connectivity index (χ0) is 18.6. The van der Waals surface area contributed by atoms with E-state index < -0.39 is 0 Å². The molecule has 1 aromatic heterocycles. The molecule has 27 heavy (non-hydrogen) atoms. The van der Waals surface area contributed by atoms with Crippen molar-refractivity contribution < 1.29 is 9.53 Å². The van der Waals surface area contributed by atoms with Gasteiger partial charge in [0.2, 0.25) is 0 Å². The molecule has 1 heterocycles. The van der Waals surface area contributed by atoms with Crippen molar-refractivity contribution in [3.8, 4) is 5.75 Å². The second kappa shape index (κ2) is 7.82. The maximum atomic E-state index is 12.6. The lowest BCUT2D eigenvalue weighted by Gasteiger charge is -2.08. The fraction of sp³-hybridized carbons (Fsp3) is 0.0455. The van der Waals surface area contributed by atoms with Gasteiger partial charge in [0.05, 0.1) is 5.02 Å². The van der Waals surface area contributed by atoms with E-state index in [2.05, 4.69) is 5.32 Å². The van der Waals surface area contributed by atoms with Crippen LogP contribution in [0.1, 0.15) is 15.2 Å². The summed E-state index contributed by atoms with van der Waals surface area (Å²) in [6.07, 6.45) is 0. The van der Waals surface area contributed by atoms with Gasteiger partial charge in [0.15, 0.2) is 0 Å². The summed E-state index contributed by atoms with van der Waals surface area (Å²) in [6.45, 7) is 0.504. The highest BCUT2D eigenvalue weighted by Gasteiger charge is 2.17. The molecule has 4 aromatic rings. The smallest absolute Gasteiger partial charge is 0.267 e. The Balaban J connectivity index is 1.43. The van der Waals surface area contributed by atoms with Crippen LogP contribution in [0.2, 0.25) is 5.02 Å². The molecule has 1 N–H and O–H groups in total. The summed E-state index contributed by atoms with van der Waals surface area (Å²) < 4.78 is 6.76. The van der Waals surface area contributed by atoms with Crippen molar-refractivity contribution in [1.29, 1.82) is 0 Å². The van der Waals surface area contributed by atoms with Gasteiger partial charge in [-0.05, 0) is 35.9 Å². The quantitative estimate of drug-likeness (QED) is 0.426. The number of fused-ring (bicyclic) bond motifs is 1. The Hall–Kier alpha value is -2.82. The van der Waals surface area contributed by atoms with Gasteiger partial charge in [0.25, 0.3) is 5.91 Å². The molecule has 0 saturated carbocycles. The molecule has 3 nitrogen and oxygen atoms in total. The average Bonchev–Trinajstić information content (AvgIpc) is 3.05. The lowest BCUT2D eigenvalue weighted by atomic mass is 10.2. The van der Waals surface area contributed by atoms with E-state index in [9.17, 15) is 4.79 Å². The van der Waals surface area contributed by atoms with Crippen LogP contribution in [0.15, 0.2) is 78.9 Å². The van der Waals surface area contributed by atoms with Crippen molar-refractivity contribution in [2.45, 2.75) is 6.61 Å². The minimum atomic E-state index is -0.209. The number of rotatable bonds is 5. The first-order valence-electron chi connectivity index (χ1n) is 8.46. The summed E-state index contributed by atoms with van der Waals surface area (Å²) in [6, 6.07) is 25.0. The van der Waals surface area contributed by atoms with E-state index in [1.54, 1.807) is 0 Å². The van der Waals surface area contributed by atoms with Gasteiger partial charge in [-0.1, -0.05) is 60.1 Å². The number of carbonyl (C=O) groups is 1. The van der Waals surface area contributed by atoms with Gasteiger partial charge < -0.3 is 10.1 Å². The second-order valence-corrected chi connectivity index (χ2v) is 7.42. The van der Waals surface area contributed by atoms with Crippen LogP contribution in [0.5, 0.6) is 5.75 Å². The number of thiophene rings is 1. The van der Waals surface area contributed by atoms with Crippen molar-refractivity contribution in [2.75, 3.05) is 5.32 Å². The number of hydrogen-bond donors (Lipinski definition) is 1. The molecule has 1 amide bonds. The first-order valence-corrected chi connectivity index (χ1v) is 9.65. The van der Waals surface area contributed by atoms with E-state index in [4.69, 9.17) is 16.3 Å². The van der Waals surface area contributed by atoms with Crippen LogP contribution in [0.3, 0.4) is 0 Å². The Kier molecular flexibility index (Phi) is 5.10. The first-order chi connectivity index (χ1) is 13.2. The molecule has 0 aliphatic carbocycles. The molecule has 134 valence electrons. The van der Waals surface area contributed by atoms with E-state index in [0.29, 0.717) is 22.2 Å². The topological polar surface area (TPSA) is 38.3 Å². The highest BCUT2D eigenvalue weighted by molar-refractivity contribution is 7.21. The van der Waals surface area contributed by atoms with Crippen LogP contribution in [0.4, 0.5) is 5.69 Å². The van der Waals surface area contributed by atoms with Crippen LogP contribution < -0.4 is 10.1 Å². The molecule has 0 aliphatic heterocycles. The van der Waals surface area contributed by atoms with E-state index in [1.807, 2.05) is 78.9 Å². The summed E-state index contributed by atoms with van der Waals surface area (Å²) in [5.74, 6) is 0.538. The molecule has 0 spiro atoms. The number of carbonyl (C=O) groups excluding carboxylic acids is 1. The number of halogens is 1. The lowest BCUT2D eigenvalue weighted by molar-refractivity contribution is 0.103. The Bertz CT molecular complexity index is 1070. The summed E-state index contributed by atoms with van der Waals surface area (Å²) in [5.41, 5.74) is 1.80. The number of hydrogen-bond acceptors (Lipinski definition) is 3. The lowest BCUT2D eigenvalue weighted by Crippen LogP contribution is -2.10. The molecule has 0 atom stereocenters. The summed E-state index contributed by atoms with van der Waals surface area (Å²) >= 11 is 7.76. The maximum Gasteiger partial charge on any atom is 0.267 e. The SMILES string of the molecule is O=C(Nc1ccc(OCc2ccccc2)cc1)c1sc2ccccc2c1Cl. The zero-order valence-electron chi connectivity index (χ0n) is 14.3. The number of amides is 1. The molecular formula is C22H16ClNO2S. The molecule has 0 bridgehead atoms. The van der Waals surface area contributed by atoms with Gasteiger partial charge in [0, 0.05) is 15.8 Å². The van der Waals surface area contributed by atoms with Crippen LogP contribution >= 0.6 is 22.9 Å². The van der Waals surface area contributed by atoms with Gasteiger partial charge in [-0.3, -0.25) is 4.79 Å². The highest BCUT2D eigenvalue weighted by Crippen LogP contribution is 2.35. The minimum absolute atomic E-state index is 0.209. The third kappa shape index (κ3) is 3.97. The summed E-state index contributed by atoms with van der Waals surface area (Å²) in [7, 11) is 0. The fourth-order valence-electron chi connectivity index (χ4n) is 2.72. The van der Waals surface area contributed by atoms with Crippen molar-refractivity contribution in [1.82, 2.24) is 0 Å². The molecule has 5 heteroatoms. The Morgan fingerprint density at radius 2 is 1.63 bits per heavy atom. The van der Waals surface area contributed by atoms with Gasteiger partial charge in [0.1, 0.15) is 17.2 Å². The minimum Gasteiger partial charge on any atom is -0.489 e. The second-order valence-electron chi connectivity index (χ2n) is 5.99. The van der Waals surface area contributed by atoms with Gasteiger partial charge >= 0.3 is 0 Å². The Morgan fingerprint density at radius 3 is 2.37 bits per heavy atom. The molecule has 4 rings (SSSR count). The van der Waals surface area contributed by atoms with Crippen LogP contribution in [-0.2, 0) is 6.61 Å². The standard InChI is InChI=1S/C22H16ClNO2S/c23-20-18-8-4-5-9-19(18)27-21(20)22(25)24-16-10-12-17(13-11-16)26-14-15-6-2-1-3-7-15/h1-13H,14H2,(H,24,25). The van der Waals surface area contributed by atoms with E-state index in [1.165, 1.54) is 11.3 Å². The predicted molar refractivity (Wildman–Crippen MR) is 112 cm³/mol. The van der Waals surface area contributed by atoms with Crippen LogP contribution in [0.25, 0.3) is 10.1 Å². The molecule has 0 saturated heterocycles. The summed E-state index contributed by atoms with van der Waals surface area (Å²) in [5, 5.41) is 4.29. The van der Waals surface area contributed by atoms with Gasteiger partial charge in [-0.2, -0.15) is 0 Å². The molecule has 0 unspecified atom stereocenters. The van der Waals surface area contributed by atoms with E-state index >= 15 is 0 Å². The van der Waals surface area contributed by atoms with Crippen molar-refractivity contribution in [3.05, 3.63) is 94.3 Å². The number of anilines is 1. The largest absolute Gasteiger partial charge is 0.489 e. The summed E-state index contributed by atoms with van der Waals surface area (Å²) in [4.78, 5) is 13.1.